The molecule has 6 aromatic carbocycles. The molecule has 0 aliphatic rings. The first-order valence-electron chi connectivity index (χ1n) is 20.2. The van der Waals surface area contributed by atoms with Crippen LogP contribution in [-0.2, 0) is 26.5 Å². The molecule has 2 aromatic heterocycles. The summed E-state index contributed by atoms with van der Waals surface area (Å²) >= 11 is 0. The number of nitrogens with zero attached hydrogens (tertiary/aromatic N) is 3. The minimum atomic E-state index is -2.41. The fourth-order valence-electron chi connectivity index (χ4n) is 6.67. The molecule has 0 bridgehead atoms. The fourth-order valence-corrected chi connectivity index (χ4v) is 6.67. The van der Waals surface area contributed by atoms with Crippen molar-refractivity contribution in [2.45, 2.75) is 39.9 Å². The number of phenolic OH excluding ortho intramolecular Hbond substituents is 1. The van der Waals surface area contributed by atoms with E-state index in [1.165, 1.54) is 0 Å². The predicted molar refractivity (Wildman–Crippen MR) is 215 cm³/mol. The topological polar surface area (TPSA) is 50.9 Å². The molecule has 5 heteroatoms. The van der Waals surface area contributed by atoms with E-state index in [4.69, 9.17) is 18.2 Å². The second-order valence-corrected chi connectivity index (χ2v) is 14.0. The molecule has 4 nitrogen and oxygen atoms in total. The molecule has 0 aliphatic carbocycles. The van der Waals surface area contributed by atoms with E-state index in [9.17, 15) is 5.11 Å². The van der Waals surface area contributed by atoms with Crippen molar-refractivity contribution < 1.29 is 34.4 Å². The maximum absolute atomic E-state index is 11.2. The number of aromatic nitrogens is 3. The third kappa shape index (κ3) is 7.00. The number of pyridine rings is 1. The number of benzene rings is 6. The summed E-state index contributed by atoms with van der Waals surface area (Å²) in [7, 11) is 0. The molecule has 0 radical (unpaired) electrons. The summed E-state index contributed by atoms with van der Waals surface area (Å²) in [6.45, 7) is 1.86. The number of imidazole rings is 1. The van der Waals surface area contributed by atoms with Crippen molar-refractivity contribution in [3.8, 4) is 67.5 Å². The van der Waals surface area contributed by atoms with Crippen molar-refractivity contribution >= 4 is 11.0 Å². The summed E-state index contributed by atoms with van der Waals surface area (Å²) in [6.07, 6.45) is 1.75. The average Bonchev–Trinajstić information content (AvgIpc) is 3.60. The van der Waals surface area contributed by atoms with Crippen LogP contribution in [0.25, 0.3) is 72.7 Å². The van der Waals surface area contributed by atoms with Crippen LogP contribution in [0, 0.1) is 19.8 Å². The van der Waals surface area contributed by atoms with E-state index < -0.39 is 13.7 Å². The van der Waals surface area contributed by atoms with Crippen LogP contribution in [0.2, 0.25) is 0 Å². The zero-order valence-electron chi connectivity index (χ0n) is 35.5. The molecule has 0 saturated carbocycles. The van der Waals surface area contributed by atoms with Gasteiger partial charge in [0.05, 0.1) is 16.6 Å². The first-order valence-corrected chi connectivity index (χ1v) is 17.2. The number of fused-ring (bicyclic) bond motifs is 1. The van der Waals surface area contributed by atoms with Gasteiger partial charge in [-0.2, -0.15) is 0 Å². The van der Waals surface area contributed by atoms with E-state index in [-0.39, 0.29) is 43.4 Å². The summed E-state index contributed by atoms with van der Waals surface area (Å²) in [5.41, 5.74) is 9.99. The normalized spacial score (nSPS) is 13.6. The van der Waals surface area contributed by atoms with Crippen molar-refractivity contribution in [2.24, 2.45) is 0 Å². The minimum absolute atomic E-state index is 0. The molecule has 0 fully saturated rings. The fraction of sp³-hybridized carbons (Fsp3) is 0.125. The smallest absolute Gasteiger partial charge is 0.148 e. The summed E-state index contributed by atoms with van der Waals surface area (Å²) in [5.74, 6) is 0.496. The largest absolute Gasteiger partial charge is 0.507 e. The zero-order chi connectivity index (χ0) is 41.0. The van der Waals surface area contributed by atoms with E-state index >= 15 is 0 Å². The van der Waals surface area contributed by atoms with Gasteiger partial charge in [-0.3, -0.25) is 9.55 Å². The van der Waals surface area contributed by atoms with E-state index in [2.05, 4.69) is 39.0 Å². The Kier molecular flexibility index (Phi) is 7.89. The van der Waals surface area contributed by atoms with Gasteiger partial charge in [0.25, 0.3) is 0 Å². The second-order valence-electron chi connectivity index (χ2n) is 14.0. The second kappa shape index (κ2) is 14.5. The average molecular weight is 876 g/mol. The molecule has 2 heterocycles. The van der Waals surface area contributed by atoms with Gasteiger partial charge >= 0.3 is 0 Å². The molecular formula is C48H40N3OPt-. The van der Waals surface area contributed by atoms with Gasteiger partial charge in [-0.15, -0.1) is 29.3 Å². The number of hydrogen-bond donors (Lipinski definition) is 1. The maximum Gasteiger partial charge on any atom is 0.148 e. The number of aryl methyl sites for hydroxylation is 2. The molecule has 0 amide bonds. The third-order valence-electron chi connectivity index (χ3n) is 9.46. The summed E-state index contributed by atoms with van der Waals surface area (Å²) in [5, 5.41) is 11.2. The first kappa shape index (κ1) is 28.9. The van der Waals surface area contributed by atoms with Crippen LogP contribution in [0.5, 0.6) is 5.75 Å². The monoisotopic (exact) mass is 875 g/mol. The van der Waals surface area contributed by atoms with Crippen LogP contribution in [0.1, 0.15) is 45.7 Å². The van der Waals surface area contributed by atoms with Crippen LogP contribution >= 0.6 is 0 Å². The van der Waals surface area contributed by atoms with E-state index in [0.717, 1.165) is 44.5 Å². The SMILES string of the molecule is [2H]C([2H])([2H])c1ccc(-c2ccnc(-c3[c-]c(-c4cccc5c4nc(-c4ccccc4O)n5-c4ccc(-c5ccccc5)c(C([2H])([2H])[2H])c4)cc(C(C)(C)C)c3)c2)cc1.[Pt]. The molecule has 0 unspecified atom stereocenters. The Hall–Kier alpha value is -5.57. The van der Waals surface area contributed by atoms with Gasteiger partial charge in [0, 0.05) is 46.9 Å². The summed E-state index contributed by atoms with van der Waals surface area (Å²) in [6, 6.07) is 46.5. The van der Waals surface area contributed by atoms with Gasteiger partial charge in [0.1, 0.15) is 11.6 Å². The first-order chi connectivity index (χ1) is 27.6. The number of aromatic hydroxyl groups is 1. The summed E-state index contributed by atoms with van der Waals surface area (Å²) in [4.78, 5) is 9.99. The Labute approximate surface area is 334 Å². The van der Waals surface area contributed by atoms with E-state index in [1.54, 1.807) is 42.6 Å². The molecule has 0 atom stereocenters. The van der Waals surface area contributed by atoms with Crippen LogP contribution < -0.4 is 0 Å². The van der Waals surface area contributed by atoms with Gasteiger partial charge < -0.3 is 5.11 Å². The molecule has 0 aliphatic heterocycles. The van der Waals surface area contributed by atoms with Crippen molar-refractivity contribution in [1.29, 1.82) is 0 Å². The van der Waals surface area contributed by atoms with Gasteiger partial charge in [0.2, 0.25) is 0 Å². The Morgan fingerprint density at radius 1 is 0.660 bits per heavy atom. The third-order valence-corrected chi connectivity index (χ3v) is 9.46. The standard InChI is InChI=1S/C48H40N3O.Pt/c1-31-18-20-33(21-19-31)35-24-25-49-43(30-35)37-27-36(28-38(29-37)48(3,4)5)41-15-11-16-44-46(41)50-47(42-14-9-10-17-45(42)52)51(44)39-22-23-40(32(2)26-39)34-12-7-6-8-13-34;/h6-26,28-30,52H,1-5H3;/q-1;/i1D3,2D3;. The van der Waals surface area contributed by atoms with Crippen molar-refractivity contribution in [3.63, 3.8) is 0 Å². The van der Waals surface area contributed by atoms with Gasteiger partial charge in [0.15, 0.2) is 0 Å². The Bertz CT molecular complexity index is 2810. The van der Waals surface area contributed by atoms with Gasteiger partial charge in [-0.05, 0) is 83.3 Å². The van der Waals surface area contributed by atoms with Crippen LogP contribution in [0.3, 0.4) is 0 Å². The molecular weight excluding hydrogens is 830 g/mol. The molecule has 1 N–H and O–H groups in total. The van der Waals surface area contributed by atoms with Crippen molar-refractivity contribution in [2.75, 3.05) is 0 Å². The zero-order valence-corrected chi connectivity index (χ0v) is 31.7. The Balaban J connectivity index is 0.00000528. The quantitative estimate of drug-likeness (QED) is 0.169. The number of para-hydroxylation sites is 2. The molecule has 0 saturated heterocycles. The van der Waals surface area contributed by atoms with Crippen LogP contribution in [0.4, 0.5) is 0 Å². The van der Waals surface area contributed by atoms with E-state index in [0.29, 0.717) is 33.8 Å². The number of rotatable bonds is 6. The van der Waals surface area contributed by atoms with Crippen molar-refractivity contribution in [3.05, 3.63) is 168 Å². The molecule has 53 heavy (non-hydrogen) atoms. The van der Waals surface area contributed by atoms with Crippen LogP contribution in [0.15, 0.2) is 146 Å². The Morgan fingerprint density at radius 3 is 2.17 bits per heavy atom. The van der Waals surface area contributed by atoms with Crippen molar-refractivity contribution in [1.82, 2.24) is 14.5 Å². The molecule has 264 valence electrons. The van der Waals surface area contributed by atoms with E-state index in [1.807, 2.05) is 95.6 Å². The van der Waals surface area contributed by atoms with Crippen LogP contribution in [-0.4, -0.2) is 19.6 Å². The maximum atomic E-state index is 11.2. The predicted octanol–water partition coefficient (Wildman–Crippen LogP) is 12.2. The summed E-state index contributed by atoms with van der Waals surface area (Å²) < 4.78 is 50.8. The number of hydrogen-bond acceptors (Lipinski definition) is 3. The minimum Gasteiger partial charge on any atom is -0.507 e. The van der Waals surface area contributed by atoms with Gasteiger partial charge in [-0.1, -0.05) is 128 Å². The molecule has 8 aromatic rings. The number of phenols is 1. The molecule has 8 rings (SSSR count). The molecule has 0 spiro atoms. The Morgan fingerprint density at radius 2 is 1.42 bits per heavy atom. The van der Waals surface area contributed by atoms with Gasteiger partial charge in [-0.25, -0.2) is 4.98 Å².